The van der Waals surface area contributed by atoms with Gasteiger partial charge in [-0.2, -0.15) is 0 Å². The molecule has 0 bridgehead atoms. The third-order valence-electron chi connectivity index (χ3n) is 4.72. The Labute approximate surface area is 179 Å². The van der Waals surface area contributed by atoms with Crippen LogP contribution in [0.2, 0.25) is 0 Å². The van der Waals surface area contributed by atoms with Crippen LogP contribution in [0.15, 0.2) is 85.2 Å². The van der Waals surface area contributed by atoms with Crippen LogP contribution in [0, 0.1) is 0 Å². The van der Waals surface area contributed by atoms with Crippen LogP contribution >= 0.6 is 11.3 Å². The van der Waals surface area contributed by atoms with E-state index in [4.69, 9.17) is 4.74 Å². The van der Waals surface area contributed by atoms with Gasteiger partial charge in [-0.05, 0) is 17.2 Å². The molecule has 0 saturated carbocycles. The van der Waals surface area contributed by atoms with Crippen molar-refractivity contribution in [2.75, 3.05) is 12.4 Å². The fourth-order valence-corrected chi connectivity index (χ4v) is 4.18. The van der Waals surface area contributed by atoms with Crippen molar-refractivity contribution in [3.8, 4) is 5.88 Å². The summed E-state index contributed by atoms with van der Waals surface area (Å²) in [7, 11) is 1.61. The van der Waals surface area contributed by atoms with E-state index < -0.39 is 5.92 Å². The number of nitrogens with one attached hydrogen (secondary N) is 1. The molecule has 0 radical (unpaired) electrons. The lowest BCUT2D eigenvalue weighted by atomic mass is 9.90. The lowest BCUT2D eigenvalue weighted by Gasteiger charge is -2.17. The summed E-state index contributed by atoms with van der Waals surface area (Å²) in [6.45, 7) is 0. The van der Waals surface area contributed by atoms with Crippen molar-refractivity contribution < 1.29 is 9.53 Å². The zero-order valence-electron chi connectivity index (χ0n) is 16.5. The zero-order chi connectivity index (χ0) is 20.8. The predicted molar refractivity (Wildman–Crippen MR) is 119 cm³/mol. The molecule has 5 nitrogen and oxygen atoms in total. The van der Waals surface area contributed by atoms with Gasteiger partial charge in [-0.25, -0.2) is 9.97 Å². The van der Waals surface area contributed by atoms with Crippen LogP contribution in [0.3, 0.4) is 0 Å². The monoisotopic (exact) mass is 415 g/mol. The molecule has 0 spiro atoms. The van der Waals surface area contributed by atoms with Crippen molar-refractivity contribution in [2.45, 2.75) is 12.3 Å². The summed E-state index contributed by atoms with van der Waals surface area (Å²) in [5, 5.41) is 3.57. The predicted octanol–water partition coefficient (Wildman–Crippen LogP) is 4.91. The number of aromatic nitrogens is 2. The minimum atomic E-state index is -0.404. The Morgan fingerprint density at radius 3 is 2.27 bits per heavy atom. The number of methoxy groups -OCH3 is 1. The van der Waals surface area contributed by atoms with Gasteiger partial charge in [0, 0.05) is 29.3 Å². The number of benzene rings is 2. The molecule has 0 aliphatic carbocycles. The van der Waals surface area contributed by atoms with Gasteiger partial charge in [-0.15, -0.1) is 11.3 Å². The molecule has 1 N–H and O–H groups in total. The minimum Gasteiger partial charge on any atom is -0.481 e. The number of amides is 1. The van der Waals surface area contributed by atoms with Crippen molar-refractivity contribution in [3.63, 3.8) is 0 Å². The summed E-state index contributed by atoms with van der Waals surface area (Å²) in [4.78, 5) is 22.9. The average Bonchev–Trinajstić information content (AvgIpc) is 3.22. The molecule has 0 aliphatic heterocycles. The molecule has 150 valence electrons. The summed E-state index contributed by atoms with van der Waals surface area (Å²) >= 11 is 1.46. The highest BCUT2D eigenvalue weighted by molar-refractivity contribution is 7.15. The molecule has 6 heteroatoms. The average molecular weight is 416 g/mol. The van der Waals surface area contributed by atoms with Crippen molar-refractivity contribution in [3.05, 3.63) is 107 Å². The molecular formula is C24H21N3O2S. The number of hydrogen-bond acceptors (Lipinski definition) is 5. The quantitative estimate of drug-likeness (QED) is 0.466. The third-order valence-corrected chi connectivity index (χ3v) is 5.63. The molecule has 0 saturated heterocycles. The van der Waals surface area contributed by atoms with Gasteiger partial charge >= 0.3 is 0 Å². The van der Waals surface area contributed by atoms with E-state index in [9.17, 15) is 4.79 Å². The number of carbonyl (C=O) groups excluding carboxylic acids is 1. The fourth-order valence-electron chi connectivity index (χ4n) is 3.34. The summed E-state index contributed by atoms with van der Waals surface area (Å²) in [5.74, 6) is 0.0927. The highest BCUT2D eigenvalue weighted by Crippen LogP contribution is 2.29. The van der Waals surface area contributed by atoms with Gasteiger partial charge in [0.25, 0.3) is 0 Å². The Morgan fingerprint density at radius 2 is 1.63 bits per heavy atom. The van der Waals surface area contributed by atoms with Crippen molar-refractivity contribution in [1.29, 1.82) is 0 Å². The largest absolute Gasteiger partial charge is 0.481 e. The number of pyridine rings is 1. The van der Waals surface area contributed by atoms with Gasteiger partial charge in [0.1, 0.15) is 0 Å². The summed E-state index contributed by atoms with van der Waals surface area (Å²) in [6.07, 6.45) is 4.13. The van der Waals surface area contributed by atoms with E-state index in [0.717, 1.165) is 21.6 Å². The first-order valence-electron chi connectivity index (χ1n) is 9.58. The molecule has 0 fully saturated rings. The number of ether oxygens (including phenoxy) is 1. The maximum absolute atomic E-state index is 13.2. The van der Waals surface area contributed by atoms with Crippen LogP contribution in [-0.4, -0.2) is 23.0 Å². The molecule has 2 aromatic carbocycles. The minimum absolute atomic E-state index is 0.104. The molecule has 0 unspecified atom stereocenters. The zero-order valence-corrected chi connectivity index (χ0v) is 17.3. The number of carbonyl (C=O) groups is 1. The van der Waals surface area contributed by atoms with E-state index in [-0.39, 0.29) is 5.91 Å². The first-order chi connectivity index (χ1) is 14.7. The second kappa shape index (κ2) is 9.33. The first-order valence-corrected chi connectivity index (χ1v) is 10.4. The van der Waals surface area contributed by atoms with Crippen LogP contribution in [0.4, 0.5) is 5.13 Å². The maximum atomic E-state index is 13.2. The van der Waals surface area contributed by atoms with E-state index in [2.05, 4.69) is 15.3 Å². The normalized spacial score (nSPS) is 10.7. The van der Waals surface area contributed by atoms with Crippen LogP contribution in [0.25, 0.3) is 0 Å². The molecule has 30 heavy (non-hydrogen) atoms. The first kappa shape index (κ1) is 19.8. The molecule has 2 heterocycles. The Morgan fingerprint density at radius 1 is 0.967 bits per heavy atom. The summed E-state index contributed by atoms with van der Waals surface area (Å²) < 4.78 is 5.32. The standard InChI is InChI=1S/C24H21N3O2S/c1-29-23-19(13-8-14-25-23)15-20-16-26-24(30-20)27-22(28)21(17-9-4-2-5-10-17)18-11-6-3-7-12-18/h2-14,16,21H,15H2,1H3,(H,26,27,28). The van der Waals surface area contributed by atoms with E-state index >= 15 is 0 Å². The van der Waals surface area contributed by atoms with E-state index in [1.54, 1.807) is 19.5 Å². The number of nitrogens with zero attached hydrogens (tertiary/aromatic N) is 2. The van der Waals surface area contributed by atoms with Crippen LogP contribution in [-0.2, 0) is 11.2 Å². The van der Waals surface area contributed by atoms with Gasteiger partial charge in [0.15, 0.2) is 5.13 Å². The van der Waals surface area contributed by atoms with Crippen molar-refractivity contribution in [2.24, 2.45) is 0 Å². The Bertz CT molecular complexity index is 1070. The Balaban J connectivity index is 1.54. The molecule has 1 amide bonds. The van der Waals surface area contributed by atoms with E-state index in [1.807, 2.05) is 72.8 Å². The van der Waals surface area contributed by atoms with Crippen molar-refractivity contribution in [1.82, 2.24) is 9.97 Å². The van der Waals surface area contributed by atoms with Crippen LogP contribution in [0.5, 0.6) is 5.88 Å². The number of rotatable bonds is 7. The molecule has 0 aliphatic rings. The molecule has 4 rings (SSSR count). The van der Waals surface area contributed by atoms with Gasteiger partial charge in [-0.3, -0.25) is 4.79 Å². The van der Waals surface area contributed by atoms with Crippen LogP contribution < -0.4 is 10.1 Å². The Hall–Kier alpha value is -3.51. The SMILES string of the molecule is COc1ncccc1Cc1cnc(NC(=O)C(c2ccccc2)c2ccccc2)s1. The third kappa shape index (κ3) is 4.55. The topological polar surface area (TPSA) is 64.1 Å². The lowest BCUT2D eigenvalue weighted by Crippen LogP contribution is -2.22. The van der Waals surface area contributed by atoms with Gasteiger partial charge in [0.05, 0.1) is 13.0 Å². The van der Waals surface area contributed by atoms with E-state index in [1.165, 1.54) is 11.3 Å². The van der Waals surface area contributed by atoms with Crippen molar-refractivity contribution >= 4 is 22.4 Å². The molecule has 4 aromatic rings. The summed E-state index contributed by atoms with van der Waals surface area (Å²) in [5.41, 5.74) is 2.86. The van der Waals surface area contributed by atoms with Gasteiger partial charge in [0.2, 0.25) is 11.8 Å². The second-order valence-corrected chi connectivity index (χ2v) is 7.84. The highest BCUT2D eigenvalue weighted by Gasteiger charge is 2.23. The molecule has 0 atom stereocenters. The smallest absolute Gasteiger partial charge is 0.238 e. The van der Waals surface area contributed by atoms with E-state index in [0.29, 0.717) is 17.4 Å². The van der Waals surface area contributed by atoms with Gasteiger partial charge in [-0.1, -0.05) is 66.7 Å². The fraction of sp³-hybridized carbons (Fsp3) is 0.125. The lowest BCUT2D eigenvalue weighted by molar-refractivity contribution is -0.116. The van der Waals surface area contributed by atoms with Gasteiger partial charge < -0.3 is 10.1 Å². The Kier molecular flexibility index (Phi) is 6.15. The number of thiazole rings is 1. The number of anilines is 1. The maximum Gasteiger partial charge on any atom is 0.238 e. The highest BCUT2D eigenvalue weighted by atomic mass is 32.1. The number of hydrogen-bond donors (Lipinski definition) is 1. The van der Waals surface area contributed by atoms with Crippen LogP contribution in [0.1, 0.15) is 27.5 Å². The summed E-state index contributed by atoms with van der Waals surface area (Å²) in [6, 6.07) is 23.4. The molecule has 2 aromatic heterocycles. The second-order valence-electron chi connectivity index (χ2n) is 6.72. The molecular weight excluding hydrogens is 394 g/mol.